The maximum atomic E-state index is 13.8. The Morgan fingerprint density at radius 1 is 1.07 bits per heavy atom. The highest BCUT2D eigenvalue weighted by Crippen LogP contribution is 2.44. The van der Waals surface area contributed by atoms with Crippen LogP contribution in [-0.2, 0) is 37.1 Å². The first-order valence-electron chi connectivity index (χ1n) is 15.1. The van der Waals surface area contributed by atoms with Crippen LogP contribution in [0.5, 0.6) is 5.75 Å². The van der Waals surface area contributed by atoms with Crippen molar-refractivity contribution in [2.75, 3.05) is 19.8 Å². The summed E-state index contributed by atoms with van der Waals surface area (Å²) in [6.45, 7) is 5.77. The first kappa shape index (κ1) is 32.3. The van der Waals surface area contributed by atoms with Crippen molar-refractivity contribution in [2.45, 2.75) is 58.2 Å². The van der Waals surface area contributed by atoms with Gasteiger partial charge in [-0.3, -0.25) is 4.68 Å². The Kier molecular flexibility index (Phi) is 10.5. The van der Waals surface area contributed by atoms with Gasteiger partial charge in [0.05, 0.1) is 34.4 Å². The first-order chi connectivity index (χ1) is 21.3. The Morgan fingerprint density at radius 3 is 2.59 bits per heavy atom. The van der Waals surface area contributed by atoms with Gasteiger partial charge in [0.2, 0.25) is 0 Å². The van der Waals surface area contributed by atoms with Crippen LogP contribution in [0.1, 0.15) is 55.6 Å². The summed E-state index contributed by atoms with van der Waals surface area (Å²) >= 11 is 13.4. The third kappa shape index (κ3) is 6.19. The van der Waals surface area contributed by atoms with Crippen LogP contribution in [0.4, 0.5) is 4.39 Å². The monoisotopic (exact) mass is 640 g/mol. The van der Waals surface area contributed by atoms with E-state index in [2.05, 4.69) is 11.5 Å². The van der Waals surface area contributed by atoms with Gasteiger partial charge < -0.3 is 24.9 Å². The summed E-state index contributed by atoms with van der Waals surface area (Å²) in [6.07, 6.45) is 1.57. The van der Waals surface area contributed by atoms with Crippen LogP contribution < -0.4 is 10.5 Å². The van der Waals surface area contributed by atoms with Gasteiger partial charge in [-0.15, -0.1) is 11.6 Å². The van der Waals surface area contributed by atoms with E-state index in [0.29, 0.717) is 62.0 Å². The number of halogens is 3. The summed E-state index contributed by atoms with van der Waals surface area (Å²) in [5.74, 6) is 0.656. The fourth-order valence-corrected chi connectivity index (χ4v) is 6.64. The molecule has 0 aliphatic heterocycles. The lowest BCUT2D eigenvalue weighted by molar-refractivity contribution is -0.103. The second kappa shape index (κ2) is 14.3. The van der Waals surface area contributed by atoms with Gasteiger partial charge in [-0.05, 0) is 80.4 Å². The van der Waals surface area contributed by atoms with E-state index in [1.807, 2.05) is 49.0 Å². The average molecular weight is 642 g/mol. The van der Waals surface area contributed by atoms with Crippen molar-refractivity contribution in [3.05, 3.63) is 82.0 Å². The number of hydrogen-bond donors (Lipinski definition) is 2. The normalized spacial score (nSPS) is 12.5. The zero-order valence-corrected chi connectivity index (χ0v) is 26.9. The fourth-order valence-electron chi connectivity index (χ4n) is 6.20. The number of aliphatic hydroxyl groups excluding tert-OH is 1. The van der Waals surface area contributed by atoms with Crippen molar-refractivity contribution >= 4 is 44.9 Å². The van der Waals surface area contributed by atoms with Crippen LogP contribution in [0, 0.1) is 5.82 Å². The Morgan fingerprint density at radius 2 is 1.86 bits per heavy atom. The second-order valence-electron chi connectivity index (χ2n) is 10.7. The van der Waals surface area contributed by atoms with E-state index < -0.39 is 6.29 Å². The molecule has 0 saturated heterocycles. The summed E-state index contributed by atoms with van der Waals surface area (Å²) in [4.78, 5) is 0. The third-order valence-corrected chi connectivity index (χ3v) is 8.62. The maximum absolute atomic E-state index is 13.8. The Hall–Kier alpha value is -3.14. The number of benzene rings is 3. The number of nitrogens with zero attached hydrogens (tertiary/aromatic N) is 3. The van der Waals surface area contributed by atoms with Crippen molar-refractivity contribution in [2.24, 2.45) is 12.8 Å². The SMILES string of the molecule is CCOC(O)c1c(CCCOc2cccc3cc(F)ccc23)c2ccc(Cl)c(-c3c(CCl)nn(C)c3CC)c2n1CCCN. The molecular weight excluding hydrogens is 602 g/mol. The molecule has 5 aromatic rings. The van der Waals surface area contributed by atoms with Crippen LogP contribution in [0.3, 0.4) is 0 Å². The van der Waals surface area contributed by atoms with E-state index in [1.165, 1.54) is 12.1 Å². The molecule has 0 aliphatic rings. The summed E-state index contributed by atoms with van der Waals surface area (Å²) < 4.78 is 29.8. The molecule has 5 rings (SSSR count). The van der Waals surface area contributed by atoms with E-state index in [0.717, 1.165) is 56.2 Å². The van der Waals surface area contributed by atoms with Gasteiger partial charge in [-0.2, -0.15) is 5.10 Å². The molecule has 2 heterocycles. The van der Waals surface area contributed by atoms with Gasteiger partial charge in [0.1, 0.15) is 11.6 Å². The van der Waals surface area contributed by atoms with Crippen molar-refractivity contribution in [1.82, 2.24) is 14.3 Å². The van der Waals surface area contributed by atoms with Gasteiger partial charge in [-0.25, -0.2) is 4.39 Å². The molecule has 3 aromatic carbocycles. The van der Waals surface area contributed by atoms with E-state index in [9.17, 15) is 9.50 Å². The van der Waals surface area contributed by atoms with Gasteiger partial charge in [0.25, 0.3) is 0 Å². The molecule has 234 valence electrons. The molecule has 1 atom stereocenters. The predicted octanol–water partition coefficient (Wildman–Crippen LogP) is 7.68. The molecular formula is C34H39Cl2FN4O3. The lowest BCUT2D eigenvalue weighted by Crippen LogP contribution is -2.15. The van der Waals surface area contributed by atoms with Crippen LogP contribution >= 0.6 is 23.2 Å². The minimum absolute atomic E-state index is 0.235. The number of rotatable bonds is 14. The van der Waals surface area contributed by atoms with Crippen molar-refractivity contribution in [1.29, 1.82) is 0 Å². The van der Waals surface area contributed by atoms with Gasteiger partial charge >= 0.3 is 0 Å². The summed E-state index contributed by atoms with van der Waals surface area (Å²) in [6, 6.07) is 14.2. The topological polar surface area (TPSA) is 87.5 Å². The minimum atomic E-state index is -1.15. The molecule has 3 N–H and O–H groups in total. The van der Waals surface area contributed by atoms with Gasteiger partial charge in [0, 0.05) is 47.8 Å². The van der Waals surface area contributed by atoms with E-state index >= 15 is 0 Å². The smallest absolute Gasteiger partial charge is 0.196 e. The Labute approximate surface area is 267 Å². The highest BCUT2D eigenvalue weighted by Gasteiger charge is 2.29. The van der Waals surface area contributed by atoms with E-state index in [-0.39, 0.29) is 11.7 Å². The predicted molar refractivity (Wildman–Crippen MR) is 176 cm³/mol. The van der Waals surface area contributed by atoms with E-state index in [4.69, 9.17) is 43.5 Å². The summed E-state index contributed by atoms with van der Waals surface area (Å²) in [5, 5.41) is 19.3. The number of aryl methyl sites for hydroxylation is 3. The molecule has 0 fully saturated rings. The quantitative estimate of drug-likeness (QED) is 0.0738. The minimum Gasteiger partial charge on any atom is -0.493 e. The Balaban J connectivity index is 1.61. The lowest BCUT2D eigenvalue weighted by atomic mass is 9.97. The molecule has 0 radical (unpaired) electrons. The molecule has 1 unspecified atom stereocenters. The zero-order valence-electron chi connectivity index (χ0n) is 25.4. The molecule has 7 nitrogen and oxygen atoms in total. The number of aliphatic hydroxyl groups is 1. The molecule has 44 heavy (non-hydrogen) atoms. The van der Waals surface area contributed by atoms with Gasteiger partial charge in [-0.1, -0.05) is 36.7 Å². The second-order valence-corrected chi connectivity index (χ2v) is 11.4. The maximum Gasteiger partial charge on any atom is 0.196 e. The molecule has 0 spiro atoms. The fraction of sp³-hybridized carbons (Fsp3) is 0.382. The van der Waals surface area contributed by atoms with Crippen LogP contribution in [-0.4, -0.2) is 39.2 Å². The van der Waals surface area contributed by atoms with Crippen LogP contribution in [0.25, 0.3) is 32.8 Å². The molecule has 0 saturated carbocycles. The molecule has 0 bridgehead atoms. The number of alkyl halides is 1. The summed E-state index contributed by atoms with van der Waals surface area (Å²) in [5.41, 5.74) is 12.1. The Bertz CT molecular complexity index is 1770. The summed E-state index contributed by atoms with van der Waals surface area (Å²) in [7, 11) is 1.92. The standard InChI is InChI=1S/C34H39Cl2FN4O3/c1-4-28-31(27(20-35)39-40(28)3)30-26(36)15-14-25-24(33(34(42)43-5-2)41(32(25)30)17-8-16-38)10-7-18-44-29-11-6-9-21-19-22(37)12-13-23(21)29/h6,9,11-15,19,34,42H,4-5,7-8,10,16-18,20,38H2,1-3H3. The van der Waals surface area contributed by atoms with Crippen LogP contribution in [0.15, 0.2) is 48.5 Å². The van der Waals surface area contributed by atoms with Crippen LogP contribution in [0.2, 0.25) is 5.02 Å². The third-order valence-electron chi connectivity index (χ3n) is 8.05. The largest absolute Gasteiger partial charge is 0.493 e. The molecule has 0 aliphatic carbocycles. The number of aromatic nitrogens is 3. The number of fused-ring (bicyclic) bond motifs is 2. The average Bonchev–Trinajstić information content (AvgIpc) is 3.51. The molecule has 10 heteroatoms. The van der Waals surface area contributed by atoms with Crippen molar-refractivity contribution in [3.8, 4) is 16.9 Å². The highest BCUT2D eigenvalue weighted by atomic mass is 35.5. The number of hydrogen-bond acceptors (Lipinski definition) is 5. The first-order valence-corrected chi connectivity index (χ1v) is 16.0. The molecule has 0 amide bonds. The van der Waals surface area contributed by atoms with E-state index in [1.54, 1.807) is 6.07 Å². The highest BCUT2D eigenvalue weighted by molar-refractivity contribution is 6.35. The number of nitrogens with two attached hydrogens (primary N) is 1. The van der Waals surface area contributed by atoms with Crippen molar-refractivity contribution < 1.29 is 19.0 Å². The number of ether oxygens (including phenoxy) is 2. The van der Waals surface area contributed by atoms with Crippen molar-refractivity contribution in [3.63, 3.8) is 0 Å². The molecule has 2 aromatic heterocycles. The van der Waals surface area contributed by atoms with Gasteiger partial charge in [0.15, 0.2) is 6.29 Å². The lowest BCUT2D eigenvalue weighted by Gasteiger charge is -2.19. The zero-order chi connectivity index (χ0) is 31.4.